The van der Waals surface area contributed by atoms with Gasteiger partial charge in [0.15, 0.2) is 0 Å². The van der Waals surface area contributed by atoms with Gasteiger partial charge >= 0.3 is 0 Å². The molecular formula is C22H23NO2. The molecular weight excluding hydrogens is 310 g/mol. The molecule has 1 heterocycles. The van der Waals surface area contributed by atoms with Gasteiger partial charge in [-0.05, 0) is 42.2 Å². The van der Waals surface area contributed by atoms with Crippen molar-refractivity contribution in [2.24, 2.45) is 0 Å². The molecule has 1 aliphatic rings. The normalized spacial score (nSPS) is 16.4. The van der Waals surface area contributed by atoms with Gasteiger partial charge < -0.3 is 14.5 Å². The Morgan fingerprint density at radius 1 is 0.960 bits per heavy atom. The minimum Gasteiger partial charge on any atom is -0.489 e. The third kappa shape index (κ3) is 3.94. The van der Waals surface area contributed by atoms with Crippen LogP contribution in [0.5, 0.6) is 5.75 Å². The van der Waals surface area contributed by atoms with E-state index in [4.69, 9.17) is 9.15 Å². The van der Waals surface area contributed by atoms with Crippen molar-refractivity contribution in [2.45, 2.75) is 38.5 Å². The van der Waals surface area contributed by atoms with Crippen molar-refractivity contribution < 1.29 is 9.15 Å². The lowest BCUT2D eigenvalue weighted by Crippen LogP contribution is -2.23. The van der Waals surface area contributed by atoms with Gasteiger partial charge in [-0.25, -0.2) is 0 Å². The lowest BCUT2D eigenvalue weighted by molar-refractivity contribution is 0.306. The van der Waals surface area contributed by atoms with Crippen molar-refractivity contribution in [3.63, 3.8) is 0 Å². The topological polar surface area (TPSA) is 34.4 Å². The van der Waals surface area contributed by atoms with Gasteiger partial charge in [-0.15, -0.1) is 0 Å². The highest BCUT2D eigenvalue weighted by Gasteiger charge is 2.21. The molecule has 25 heavy (non-hydrogen) atoms. The van der Waals surface area contributed by atoms with Gasteiger partial charge in [-0.1, -0.05) is 42.5 Å². The Hall–Kier alpha value is -2.52. The quantitative estimate of drug-likeness (QED) is 0.687. The van der Waals surface area contributed by atoms with Crippen LogP contribution in [0.4, 0.5) is 0 Å². The van der Waals surface area contributed by atoms with Crippen molar-refractivity contribution in [1.82, 2.24) is 5.32 Å². The van der Waals surface area contributed by atoms with E-state index in [0.717, 1.165) is 24.5 Å². The second kappa shape index (κ2) is 7.58. The maximum atomic E-state index is 5.84. The molecule has 2 aromatic carbocycles. The molecule has 128 valence electrons. The Balaban J connectivity index is 1.31. The van der Waals surface area contributed by atoms with Crippen molar-refractivity contribution in [2.75, 3.05) is 0 Å². The van der Waals surface area contributed by atoms with E-state index in [1.807, 2.05) is 36.6 Å². The predicted molar refractivity (Wildman–Crippen MR) is 98.4 cm³/mol. The minimum absolute atomic E-state index is 0.400. The standard InChI is InChI=1S/C22H23NO2/c1-2-5-18(6-3-1)16-25-19-11-9-17(10-12-19)15-23-21-7-4-8-22-20(21)13-14-24-22/h1-3,5-6,9-14,21,23H,4,7-8,15-16H2. The summed E-state index contributed by atoms with van der Waals surface area (Å²) in [6, 6.07) is 21.1. The highest BCUT2D eigenvalue weighted by atomic mass is 16.5. The first-order valence-corrected chi connectivity index (χ1v) is 8.94. The van der Waals surface area contributed by atoms with E-state index in [1.54, 1.807) is 0 Å². The lowest BCUT2D eigenvalue weighted by Gasteiger charge is -2.23. The summed E-state index contributed by atoms with van der Waals surface area (Å²) >= 11 is 0. The molecule has 3 aromatic rings. The first-order chi connectivity index (χ1) is 12.4. The monoisotopic (exact) mass is 333 g/mol. The van der Waals surface area contributed by atoms with Gasteiger partial charge in [-0.3, -0.25) is 0 Å². The zero-order valence-electron chi connectivity index (χ0n) is 14.3. The highest BCUT2D eigenvalue weighted by Crippen LogP contribution is 2.30. The summed E-state index contributed by atoms with van der Waals surface area (Å²) in [4.78, 5) is 0. The number of aryl methyl sites for hydroxylation is 1. The number of hydrogen-bond donors (Lipinski definition) is 1. The zero-order chi connectivity index (χ0) is 16.9. The average Bonchev–Trinajstić information content (AvgIpc) is 3.16. The summed E-state index contributed by atoms with van der Waals surface area (Å²) in [5.41, 5.74) is 3.78. The largest absolute Gasteiger partial charge is 0.489 e. The van der Waals surface area contributed by atoms with Crippen LogP contribution in [0.15, 0.2) is 71.3 Å². The van der Waals surface area contributed by atoms with Gasteiger partial charge in [0, 0.05) is 24.6 Å². The van der Waals surface area contributed by atoms with Crippen LogP contribution in [0.2, 0.25) is 0 Å². The van der Waals surface area contributed by atoms with Crippen LogP contribution in [0.25, 0.3) is 0 Å². The Morgan fingerprint density at radius 2 is 1.80 bits per heavy atom. The molecule has 0 aliphatic heterocycles. The van der Waals surface area contributed by atoms with E-state index in [2.05, 4.69) is 35.6 Å². The van der Waals surface area contributed by atoms with Gasteiger partial charge in [0.1, 0.15) is 18.1 Å². The van der Waals surface area contributed by atoms with E-state index < -0.39 is 0 Å². The van der Waals surface area contributed by atoms with Crippen molar-refractivity contribution >= 4 is 0 Å². The Morgan fingerprint density at radius 3 is 2.64 bits per heavy atom. The molecule has 0 saturated heterocycles. The van der Waals surface area contributed by atoms with Crippen molar-refractivity contribution in [3.05, 3.63) is 89.4 Å². The molecule has 0 bridgehead atoms. The summed E-state index contributed by atoms with van der Waals surface area (Å²) in [5, 5.41) is 3.66. The van der Waals surface area contributed by atoms with Crippen LogP contribution in [0.1, 0.15) is 41.3 Å². The zero-order valence-corrected chi connectivity index (χ0v) is 14.3. The number of benzene rings is 2. The molecule has 1 aromatic heterocycles. The Bertz CT molecular complexity index is 792. The van der Waals surface area contributed by atoms with E-state index in [-0.39, 0.29) is 0 Å². The Labute approximate surface area is 148 Å². The van der Waals surface area contributed by atoms with Gasteiger partial charge in [0.25, 0.3) is 0 Å². The fourth-order valence-electron chi connectivity index (χ4n) is 3.38. The SMILES string of the molecule is c1ccc(COc2ccc(CNC3CCCc4occc43)cc2)cc1. The minimum atomic E-state index is 0.400. The maximum Gasteiger partial charge on any atom is 0.119 e. The number of furan rings is 1. The maximum absolute atomic E-state index is 5.84. The molecule has 0 saturated carbocycles. The van der Waals surface area contributed by atoms with Gasteiger partial charge in [0.2, 0.25) is 0 Å². The molecule has 0 radical (unpaired) electrons. The van der Waals surface area contributed by atoms with E-state index >= 15 is 0 Å². The fraction of sp³-hybridized carbons (Fsp3) is 0.273. The number of nitrogens with one attached hydrogen (secondary N) is 1. The van der Waals surface area contributed by atoms with Crippen LogP contribution < -0.4 is 10.1 Å². The molecule has 0 spiro atoms. The van der Waals surface area contributed by atoms with Crippen LogP contribution >= 0.6 is 0 Å². The average molecular weight is 333 g/mol. The van der Waals surface area contributed by atoms with Crippen LogP contribution in [0.3, 0.4) is 0 Å². The summed E-state index contributed by atoms with van der Waals surface area (Å²) in [6.07, 6.45) is 5.23. The van der Waals surface area contributed by atoms with E-state index in [9.17, 15) is 0 Å². The van der Waals surface area contributed by atoms with Crippen molar-refractivity contribution in [3.8, 4) is 5.75 Å². The van der Waals surface area contributed by atoms with Crippen LogP contribution in [0, 0.1) is 0 Å². The number of fused-ring (bicyclic) bond motifs is 1. The van der Waals surface area contributed by atoms with Crippen LogP contribution in [-0.4, -0.2) is 0 Å². The summed E-state index contributed by atoms with van der Waals surface area (Å²) < 4.78 is 11.4. The third-order valence-corrected chi connectivity index (χ3v) is 4.78. The Kier molecular flexibility index (Phi) is 4.84. The summed E-state index contributed by atoms with van der Waals surface area (Å²) in [5.74, 6) is 2.05. The van der Waals surface area contributed by atoms with Gasteiger partial charge in [-0.2, -0.15) is 0 Å². The first-order valence-electron chi connectivity index (χ1n) is 8.94. The molecule has 1 atom stereocenters. The summed E-state index contributed by atoms with van der Waals surface area (Å²) in [6.45, 7) is 1.46. The summed E-state index contributed by atoms with van der Waals surface area (Å²) in [7, 11) is 0. The number of hydrogen-bond acceptors (Lipinski definition) is 3. The number of ether oxygens (including phenoxy) is 1. The fourth-order valence-corrected chi connectivity index (χ4v) is 3.38. The molecule has 1 unspecified atom stereocenters. The second-order valence-electron chi connectivity index (χ2n) is 6.54. The third-order valence-electron chi connectivity index (χ3n) is 4.78. The lowest BCUT2D eigenvalue weighted by atomic mass is 9.93. The smallest absolute Gasteiger partial charge is 0.119 e. The van der Waals surface area contributed by atoms with E-state index in [1.165, 1.54) is 29.5 Å². The molecule has 3 nitrogen and oxygen atoms in total. The first kappa shape index (κ1) is 16.0. The molecule has 0 amide bonds. The molecule has 1 N–H and O–H groups in total. The molecule has 3 heteroatoms. The van der Waals surface area contributed by atoms with Crippen LogP contribution in [-0.2, 0) is 19.6 Å². The predicted octanol–water partition coefficient (Wildman–Crippen LogP) is 5.03. The molecule has 1 aliphatic carbocycles. The van der Waals surface area contributed by atoms with E-state index in [0.29, 0.717) is 12.6 Å². The van der Waals surface area contributed by atoms with Crippen molar-refractivity contribution in [1.29, 1.82) is 0 Å². The number of rotatable bonds is 6. The highest BCUT2D eigenvalue weighted by molar-refractivity contribution is 5.29. The van der Waals surface area contributed by atoms with Gasteiger partial charge in [0.05, 0.1) is 6.26 Å². The second-order valence-corrected chi connectivity index (χ2v) is 6.54. The molecule has 0 fully saturated rings. The molecule has 4 rings (SSSR count).